The maximum Gasteiger partial charge on any atom is 2.00 e. The van der Waals surface area contributed by atoms with E-state index in [-0.39, 0.29) is 46.3 Å². The first kappa shape index (κ1) is 20.1. The zero-order chi connectivity index (χ0) is 10.8. The summed E-state index contributed by atoms with van der Waals surface area (Å²) in [5.41, 5.74) is 0. The molecular weight excluding hydrogens is 292 g/mol. The number of unbranched alkanes of at least 4 members (excludes halogenated alkanes) is 4. The van der Waals surface area contributed by atoms with Crippen LogP contribution in [0.4, 0.5) is 0 Å². The van der Waals surface area contributed by atoms with E-state index >= 15 is 0 Å². The summed E-state index contributed by atoms with van der Waals surface area (Å²) in [7, 11) is 0. The monoisotopic (exact) mass is 312 g/mol. The van der Waals surface area contributed by atoms with Gasteiger partial charge in [-0.1, -0.05) is 12.8 Å². The summed E-state index contributed by atoms with van der Waals surface area (Å²) in [4.78, 5) is 0. The van der Waals surface area contributed by atoms with E-state index < -0.39 is 0 Å². The average molecular weight is 314 g/mol. The van der Waals surface area contributed by atoms with E-state index in [1.165, 1.54) is 25.7 Å². The van der Waals surface area contributed by atoms with E-state index in [0.29, 0.717) is 0 Å². The molecule has 0 radical (unpaired) electrons. The summed E-state index contributed by atoms with van der Waals surface area (Å²) in [6, 6.07) is 0. The summed E-state index contributed by atoms with van der Waals surface area (Å²) >= 11 is 0. The predicted molar refractivity (Wildman–Crippen MR) is 65.5 cm³/mol. The second-order valence-electron chi connectivity index (χ2n) is 4.01. The topological polar surface area (TPSA) is 18.5 Å². The normalized spacial score (nSPS) is 18.6. The molecule has 4 heteroatoms. The fraction of sp³-hybridized carbons (Fsp3) is 0.846. The molecule has 1 rings (SSSR count). The van der Waals surface area contributed by atoms with Crippen molar-refractivity contribution in [3.8, 4) is 5.92 Å². The third kappa shape index (κ3) is 11.5. The van der Waals surface area contributed by atoms with Crippen LogP contribution in [0.5, 0.6) is 0 Å². The van der Waals surface area contributed by atoms with Gasteiger partial charge in [-0.15, -0.1) is 0 Å². The summed E-state index contributed by atoms with van der Waals surface area (Å²) in [5, 5.41) is 0. The van der Waals surface area contributed by atoms with Crippen molar-refractivity contribution in [1.82, 2.24) is 0 Å². The van der Waals surface area contributed by atoms with E-state index in [4.69, 9.17) is 15.9 Å². The second kappa shape index (κ2) is 14.8. The first-order valence-electron chi connectivity index (χ1n) is 6.06. The van der Waals surface area contributed by atoms with Crippen LogP contribution in [0.1, 0.15) is 51.4 Å². The van der Waals surface area contributed by atoms with Gasteiger partial charge in [0.1, 0.15) is 0 Å². The Bertz CT molecular complexity index is 188. The van der Waals surface area contributed by atoms with Crippen LogP contribution in [0.2, 0.25) is 0 Å². The van der Waals surface area contributed by atoms with Gasteiger partial charge in [0.2, 0.25) is 0 Å². The van der Waals surface area contributed by atoms with Crippen LogP contribution in [0, 0.1) is 12.3 Å². The van der Waals surface area contributed by atoms with E-state index in [1.54, 1.807) is 0 Å². The van der Waals surface area contributed by atoms with Gasteiger partial charge in [0.05, 0.1) is 0 Å². The van der Waals surface area contributed by atoms with Crippen LogP contribution >= 0.6 is 0 Å². The zero-order valence-corrected chi connectivity index (χ0v) is 13.6. The number of hydrogen-bond donors (Lipinski definition) is 0. The molecule has 1 saturated heterocycles. The van der Waals surface area contributed by atoms with Crippen molar-refractivity contribution in [3.63, 3.8) is 0 Å². The molecule has 0 aromatic carbocycles. The molecule has 0 saturated carbocycles. The van der Waals surface area contributed by atoms with Gasteiger partial charge in [-0.2, -0.15) is 0 Å². The largest absolute Gasteiger partial charge is 2.00 e. The first-order valence-corrected chi connectivity index (χ1v) is 6.06. The minimum Gasteiger partial charge on any atom is -1.00 e. The van der Waals surface area contributed by atoms with Crippen molar-refractivity contribution in [2.24, 2.45) is 0 Å². The van der Waals surface area contributed by atoms with Crippen LogP contribution in [0.3, 0.4) is 0 Å². The molecule has 0 aromatic rings. The van der Waals surface area contributed by atoms with Gasteiger partial charge in [0.25, 0.3) is 0 Å². The minimum atomic E-state index is 0. The fourth-order valence-corrected chi connectivity index (χ4v) is 1.73. The van der Waals surface area contributed by atoms with Crippen molar-refractivity contribution in [1.29, 1.82) is 0 Å². The van der Waals surface area contributed by atoms with Crippen molar-refractivity contribution in [2.75, 3.05) is 13.2 Å². The molecule has 1 atom stereocenters. The molecule has 0 spiro atoms. The Morgan fingerprint density at radius 1 is 1.18 bits per heavy atom. The summed E-state index contributed by atoms with van der Waals surface area (Å²) in [5.74, 6) is 2.41. The fourth-order valence-electron chi connectivity index (χ4n) is 1.73. The van der Waals surface area contributed by atoms with E-state index in [0.717, 1.165) is 38.9 Å². The predicted octanol–water partition coefficient (Wildman–Crippen LogP) is -0.307. The third-order valence-electron chi connectivity index (χ3n) is 2.64. The molecule has 0 bridgehead atoms. The van der Waals surface area contributed by atoms with Crippen molar-refractivity contribution < 1.29 is 26.5 Å². The zero-order valence-electron chi connectivity index (χ0n) is 10.5. The van der Waals surface area contributed by atoms with Crippen LogP contribution in [-0.4, -0.2) is 42.6 Å². The Kier molecular flexibility index (Phi) is 17.4. The molecule has 0 amide bonds. The van der Waals surface area contributed by atoms with Gasteiger partial charge < -0.3 is 38.8 Å². The number of hydrogen-bond acceptors (Lipinski definition) is 2. The van der Waals surface area contributed by atoms with Crippen LogP contribution in [0.25, 0.3) is 0 Å². The molecule has 17 heavy (non-hydrogen) atoms. The van der Waals surface area contributed by atoms with Crippen molar-refractivity contribution >= 4 is 23.1 Å². The SMILES string of the molecule is [Br-].[C-]#CCCCCCCOC1CCCCO1.[Mg+2]. The number of ether oxygens (including phenoxy) is 2. The van der Waals surface area contributed by atoms with E-state index in [1.807, 2.05) is 0 Å². The molecular formula is C13H21BrMgO2. The summed E-state index contributed by atoms with van der Waals surface area (Å²) in [6.45, 7) is 1.68. The first-order chi connectivity index (χ1) is 7.43. The Balaban J connectivity index is 0. The molecule has 1 unspecified atom stereocenters. The third-order valence-corrected chi connectivity index (χ3v) is 2.64. The van der Waals surface area contributed by atoms with Gasteiger partial charge >= 0.3 is 23.1 Å². The Morgan fingerprint density at radius 2 is 1.94 bits per heavy atom. The Morgan fingerprint density at radius 3 is 2.59 bits per heavy atom. The van der Waals surface area contributed by atoms with Crippen LogP contribution in [0.15, 0.2) is 0 Å². The summed E-state index contributed by atoms with van der Waals surface area (Å²) < 4.78 is 11.1. The van der Waals surface area contributed by atoms with Gasteiger partial charge in [0.15, 0.2) is 6.29 Å². The molecule has 1 fully saturated rings. The molecule has 94 valence electrons. The number of halogens is 1. The second-order valence-corrected chi connectivity index (χ2v) is 4.01. The van der Waals surface area contributed by atoms with Gasteiger partial charge in [-0.25, -0.2) is 0 Å². The molecule has 2 nitrogen and oxygen atoms in total. The molecule has 1 aliphatic rings. The molecule has 0 aliphatic carbocycles. The Hall–Kier alpha value is 0.726. The molecule has 1 aliphatic heterocycles. The Labute approximate surface area is 132 Å². The standard InChI is InChI=1S/C13H21O2.BrH.Mg/c1-2-3-4-5-6-8-11-14-13-10-7-9-12-15-13;;/h13H,3-12H2;1H;/q-1;;+2/p-1. The molecule has 0 N–H and O–H groups in total. The van der Waals surface area contributed by atoms with Gasteiger partial charge in [0, 0.05) is 13.2 Å². The van der Waals surface area contributed by atoms with Crippen molar-refractivity contribution in [3.05, 3.63) is 6.42 Å². The minimum absolute atomic E-state index is 0. The number of rotatable bonds is 7. The quantitative estimate of drug-likeness (QED) is 0.278. The van der Waals surface area contributed by atoms with Crippen LogP contribution in [-0.2, 0) is 9.47 Å². The smallest absolute Gasteiger partial charge is 1.00 e. The van der Waals surface area contributed by atoms with Crippen molar-refractivity contribution in [2.45, 2.75) is 57.7 Å². The van der Waals surface area contributed by atoms with Gasteiger partial charge in [-0.05, 0) is 38.5 Å². The van der Waals surface area contributed by atoms with Crippen LogP contribution < -0.4 is 17.0 Å². The molecule has 1 heterocycles. The maximum absolute atomic E-state index is 6.76. The van der Waals surface area contributed by atoms with Gasteiger partial charge in [-0.3, -0.25) is 0 Å². The van der Waals surface area contributed by atoms with E-state index in [2.05, 4.69) is 5.92 Å². The maximum atomic E-state index is 6.76. The molecule has 0 aromatic heterocycles. The average Bonchev–Trinajstić information content (AvgIpc) is 2.29. The summed E-state index contributed by atoms with van der Waals surface area (Å²) in [6.07, 6.45) is 15.7. The van der Waals surface area contributed by atoms with E-state index in [9.17, 15) is 0 Å².